The molecule has 28 heavy (non-hydrogen) atoms. The van der Waals surface area contributed by atoms with E-state index in [0.717, 1.165) is 28.7 Å². The number of aromatic amines is 1. The van der Waals surface area contributed by atoms with Gasteiger partial charge in [-0.25, -0.2) is 0 Å². The van der Waals surface area contributed by atoms with Gasteiger partial charge in [-0.2, -0.15) is 0 Å². The Labute approximate surface area is 167 Å². The minimum Gasteiger partial charge on any atom is -0.359 e. The molecule has 3 heterocycles. The van der Waals surface area contributed by atoms with E-state index in [2.05, 4.69) is 38.7 Å². The highest BCUT2D eigenvalue weighted by Gasteiger charge is 2.31. The summed E-state index contributed by atoms with van der Waals surface area (Å²) in [7, 11) is 0. The monoisotopic (exact) mass is 396 g/mol. The van der Waals surface area contributed by atoms with E-state index in [1.807, 2.05) is 30.5 Å². The van der Waals surface area contributed by atoms with Crippen LogP contribution in [-0.4, -0.2) is 40.8 Å². The number of thiophene rings is 1. The molecule has 0 bridgehead atoms. The van der Waals surface area contributed by atoms with Gasteiger partial charge in [0.1, 0.15) is 0 Å². The maximum absolute atomic E-state index is 12.5. The average molecular weight is 397 g/mol. The van der Waals surface area contributed by atoms with E-state index in [0.29, 0.717) is 19.6 Å². The molecule has 1 fully saturated rings. The second-order valence-corrected chi connectivity index (χ2v) is 8.24. The number of fused-ring (bicyclic) bond motifs is 1. The van der Waals surface area contributed by atoms with Gasteiger partial charge in [0.2, 0.25) is 11.8 Å². The second kappa shape index (κ2) is 8.16. The van der Waals surface area contributed by atoms with Gasteiger partial charge < -0.3 is 15.6 Å². The van der Waals surface area contributed by atoms with Crippen LogP contribution in [0.4, 0.5) is 0 Å². The summed E-state index contributed by atoms with van der Waals surface area (Å²) in [5, 5.41) is 9.02. The van der Waals surface area contributed by atoms with Crippen LogP contribution in [-0.2, 0) is 22.7 Å². The number of aromatic nitrogens is 1. The third-order valence-electron chi connectivity index (χ3n) is 5.07. The van der Waals surface area contributed by atoms with Gasteiger partial charge in [0.15, 0.2) is 0 Å². The lowest BCUT2D eigenvalue weighted by atomic mass is 10.1. The van der Waals surface area contributed by atoms with Crippen LogP contribution in [0.15, 0.2) is 41.8 Å². The second-order valence-electron chi connectivity index (χ2n) is 7.21. The van der Waals surface area contributed by atoms with E-state index in [4.69, 9.17) is 0 Å². The predicted molar refractivity (Wildman–Crippen MR) is 111 cm³/mol. The van der Waals surface area contributed by atoms with Crippen LogP contribution in [0.5, 0.6) is 0 Å². The quantitative estimate of drug-likeness (QED) is 0.599. The summed E-state index contributed by atoms with van der Waals surface area (Å²) in [6.45, 7) is 4.56. The predicted octanol–water partition coefficient (Wildman–Crippen LogP) is 2.54. The van der Waals surface area contributed by atoms with Gasteiger partial charge in [0.25, 0.3) is 0 Å². The maximum Gasteiger partial charge on any atom is 0.237 e. The minimum atomic E-state index is -0.425. The fourth-order valence-corrected chi connectivity index (χ4v) is 4.39. The van der Waals surface area contributed by atoms with E-state index < -0.39 is 6.04 Å². The summed E-state index contributed by atoms with van der Waals surface area (Å²) in [5.41, 5.74) is 3.25. The van der Waals surface area contributed by atoms with Crippen molar-refractivity contribution in [3.05, 3.63) is 57.9 Å². The van der Waals surface area contributed by atoms with E-state index in [9.17, 15) is 9.59 Å². The first-order valence-electron chi connectivity index (χ1n) is 9.47. The molecule has 3 aromatic rings. The molecule has 4 rings (SSSR count). The Morgan fingerprint density at radius 3 is 3.04 bits per heavy atom. The number of aryl methyl sites for hydroxylation is 1. The Hall–Kier alpha value is -2.64. The van der Waals surface area contributed by atoms with Gasteiger partial charge in [-0.1, -0.05) is 12.1 Å². The molecule has 1 aromatic carbocycles. The minimum absolute atomic E-state index is 0.0674. The largest absolute Gasteiger partial charge is 0.359 e. The van der Waals surface area contributed by atoms with Crippen molar-refractivity contribution in [2.75, 3.05) is 13.1 Å². The molecule has 146 valence electrons. The molecule has 0 saturated carbocycles. The summed E-state index contributed by atoms with van der Waals surface area (Å²) < 4.78 is 0. The summed E-state index contributed by atoms with van der Waals surface area (Å²) in [4.78, 5) is 31.5. The zero-order valence-corrected chi connectivity index (χ0v) is 16.6. The van der Waals surface area contributed by atoms with Crippen LogP contribution >= 0.6 is 11.3 Å². The first kappa shape index (κ1) is 18.7. The first-order chi connectivity index (χ1) is 13.6. The summed E-state index contributed by atoms with van der Waals surface area (Å²) in [6.07, 6.45) is 0.169. The molecule has 3 N–H and O–H groups in total. The summed E-state index contributed by atoms with van der Waals surface area (Å²) >= 11 is 1.67. The number of hydrogen-bond donors (Lipinski definition) is 3. The molecule has 1 aliphatic heterocycles. The molecule has 2 amide bonds. The average Bonchev–Trinajstić information content (AvgIpc) is 3.31. The zero-order chi connectivity index (χ0) is 19.5. The van der Waals surface area contributed by atoms with Crippen molar-refractivity contribution in [1.29, 1.82) is 0 Å². The van der Waals surface area contributed by atoms with Crippen LogP contribution in [0.25, 0.3) is 10.9 Å². The number of nitrogens with one attached hydrogen (secondary N) is 3. The summed E-state index contributed by atoms with van der Waals surface area (Å²) in [6, 6.07) is 11.9. The van der Waals surface area contributed by atoms with Crippen LogP contribution in [0.1, 0.15) is 22.6 Å². The van der Waals surface area contributed by atoms with Crippen molar-refractivity contribution in [2.45, 2.75) is 32.5 Å². The van der Waals surface area contributed by atoms with Gasteiger partial charge >= 0.3 is 0 Å². The highest BCUT2D eigenvalue weighted by Crippen LogP contribution is 2.18. The number of piperazine rings is 1. The number of amides is 2. The molecule has 0 aliphatic carbocycles. The Kier molecular flexibility index (Phi) is 5.45. The number of carbonyl (C=O) groups is 2. The van der Waals surface area contributed by atoms with Crippen LogP contribution in [0, 0.1) is 6.92 Å². The highest BCUT2D eigenvalue weighted by molar-refractivity contribution is 7.09. The van der Waals surface area contributed by atoms with E-state index in [-0.39, 0.29) is 18.2 Å². The molecule has 1 saturated heterocycles. The van der Waals surface area contributed by atoms with Gasteiger partial charge in [-0.15, -0.1) is 11.3 Å². The maximum atomic E-state index is 12.5. The van der Waals surface area contributed by atoms with Gasteiger partial charge in [-0.3, -0.25) is 14.5 Å². The number of H-pyrrole nitrogens is 1. The normalized spacial score (nSPS) is 17.6. The lowest BCUT2D eigenvalue weighted by molar-refractivity contribution is -0.134. The molecule has 1 unspecified atom stereocenters. The third-order valence-corrected chi connectivity index (χ3v) is 5.93. The highest BCUT2D eigenvalue weighted by atomic mass is 32.1. The fraction of sp³-hybridized carbons (Fsp3) is 0.333. The van der Waals surface area contributed by atoms with Crippen molar-refractivity contribution in [3.63, 3.8) is 0 Å². The number of nitrogens with zero attached hydrogens (tertiary/aromatic N) is 1. The Morgan fingerprint density at radius 1 is 1.32 bits per heavy atom. The lowest BCUT2D eigenvalue weighted by Crippen LogP contribution is -2.56. The summed E-state index contributed by atoms with van der Waals surface area (Å²) in [5.74, 6) is -0.175. The van der Waals surface area contributed by atoms with Gasteiger partial charge in [0.05, 0.1) is 12.5 Å². The Morgan fingerprint density at radius 2 is 2.21 bits per heavy atom. The standard InChI is InChI=1S/C21H24N4O2S/c1-14-9-16-10-15(4-5-18(16)24-14)12-23-20(26)11-19-21(27)22-6-7-25(19)13-17-3-2-8-28-17/h2-5,8-10,19,24H,6-7,11-13H2,1H3,(H,22,27)(H,23,26). The van der Waals surface area contributed by atoms with Crippen molar-refractivity contribution in [3.8, 4) is 0 Å². The molecular formula is C21H24N4O2S. The smallest absolute Gasteiger partial charge is 0.237 e. The Bertz CT molecular complexity index is 980. The topological polar surface area (TPSA) is 77.2 Å². The SMILES string of the molecule is Cc1cc2cc(CNC(=O)CC3C(=O)NCCN3Cc3cccs3)ccc2[nH]1. The molecule has 6 nitrogen and oxygen atoms in total. The number of hydrogen-bond acceptors (Lipinski definition) is 4. The van der Waals surface area contributed by atoms with E-state index >= 15 is 0 Å². The molecule has 1 atom stereocenters. The van der Waals surface area contributed by atoms with Crippen molar-refractivity contribution < 1.29 is 9.59 Å². The molecule has 7 heteroatoms. The van der Waals surface area contributed by atoms with Gasteiger partial charge in [0, 0.05) is 42.3 Å². The van der Waals surface area contributed by atoms with Crippen LogP contribution in [0.3, 0.4) is 0 Å². The van der Waals surface area contributed by atoms with Crippen molar-refractivity contribution in [1.82, 2.24) is 20.5 Å². The van der Waals surface area contributed by atoms with Crippen LogP contribution in [0.2, 0.25) is 0 Å². The molecule has 0 spiro atoms. The number of rotatable bonds is 6. The Balaban J connectivity index is 1.37. The van der Waals surface area contributed by atoms with Crippen LogP contribution < -0.4 is 10.6 Å². The van der Waals surface area contributed by atoms with E-state index in [1.54, 1.807) is 11.3 Å². The molecule has 1 aliphatic rings. The zero-order valence-electron chi connectivity index (χ0n) is 15.8. The molecular weight excluding hydrogens is 372 g/mol. The van der Waals surface area contributed by atoms with E-state index in [1.165, 1.54) is 4.88 Å². The van der Waals surface area contributed by atoms with Gasteiger partial charge in [-0.05, 0) is 47.5 Å². The molecule has 0 radical (unpaired) electrons. The molecule has 2 aromatic heterocycles. The number of benzene rings is 1. The third kappa shape index (κ3) is 4.26. The first-order valence-corrected chi connectivity index (χ1v) is 10.4. The number of carbonyl (C=O) groups excluding carboxylic acids is 2. The van der Waals surface area contributed by atoms with Crippen molar-refractivity contribution >= 4 is 34.1 Å². The lowest BCUT2D eigenvalue weighted by Gasteiger charge is -2.34. The fourth-order valence-electron chi connectivity index (χ4n) is 3.66. The van der Waals surface area contributed by atoms with Crippen molar-refractivity contribution in [2.24, 2.45) is 0 Å².